The van der Waals surface area contributed by atoms with Crippen LogP contribution in [-0.2, 0) is 0 Å². The van der Waals surface area contributed by atoms with E-state index in [1.54, 1.807) is 24.3 Å². The fourth-order valence-corrected chi connectivity index (χ4v) is 2.48. The molecule has 2 aromatic rings. The molecule has 0 aliphatic carbocycles. The Morgan fingerprint density at radius 3 is 2.83 bits per heavy atom. The van der Waals surface area contributed by atoms with Gasteiger partial charge in [0.15, 0.2) is 11.5 Å². The maximum absolute atomic E-state index is 13.2. The summed E-state index contributed by atoms with van der Waals surface area (Å²) in [6.07, 6.45) is 0.502. The van der Waals surface area contributed by atoms with Crippen LogP contribution in [0.1, 0.15) is 22.3 Å². The minimum atomic E-state index is -0.468. The number of methoxy groups -OCH3 is 1. The Labute approximate surface area is 132 Å². The van der Waals surface area contributed by atoms with E-state index < -0.39 is 5.82 Å². The van der Waals surface area contributed by atoms with Crippen LogP contribution in [0.25, 0.3) is 0 Å². The number of hydrogen-bond acceptors (Lipinski definition) is 4. The van der Waals surface area contributed by atoms with Gasteiger partial charge in [-0.2, -0.15) is 5.10 Å². The second-order valence-corrected chi connectivity index (χ2v) is 5.09. The average molecular weight is 314 g/mol. The summed E-state index contributed by atoms with van der Waals surface area (Å²) in [6, 6.07) is 10.6. The molecule has 0 aromatic heterocycles. The number of carbonyl (C=O) groups is 1. The number of amides is 1. The predicted molar refractivity (Wildman–Crippen MR) is 83.2 cm³/mol. The van der Waals surface area contributed by atoms with E-state index in [0.29, 0.717) is 30.0 Å². The van der Waals surface area contributed by atoms with Gasteiger partial charge in [0.2, 0.25) is 0 Å². The minimum Gasteiger partial charge on any atom is -0.504 e. The van der Waals surface area contributed by atoms with Gasteiger partial charge in [0.1, 0.15) is 5.82 Å². The molecular weight excluding hydrogens is 299 g/mol. The van der Waals surface area contributed by atoms with Gasteiger partial charge in [-0.25, -0.2) is 9.40 Å². The van der Waals surface area contributed by atoms with Crippen molar-refractivity contribution in [2.75, 3.05) is 13.7 Å². The zero-order valence-corrected chi connectivity index (χ0v) is 12.5. The molecule has 0 bridgehead atoms. The standard InChI is InChI=1S/C17H15FN2O3/c1-23-15-7-3-6-13(16(15)21)14-8-9-20(19-14)17(22)11-4-2-5-12(18)10-11/h2-7,10,21H,8-9H2,1H3. The van der Waals surface area contributed by atoms with Crippen LogP contribution in [0.4, 0.5) is 4.39 Å². The first-order valence-electron chi connectivity index (χ1n) is 7.11. The number of nitrogens with zero attached hydrogens (tertiary/aromatic N) is 2. The van der Waals surface area contributed by atoms with Crippen LogP contribution < -0.4 is 4.74 Å². The molecule has 23 heavy (non-hydrogen) atoms. The number of aromatic hydroxyl groups is 1. The van der Waals surface area contributed by atoms with Crippen LogP contribution in [0.3, 0.4) is 0 Å². The molecule has 0 saturated carbocycles. The lowest BCUT2D eigenvalue weighted by Crippen LogP contribution is -2.23. The number of benzene rings is 2. The summed E-state index contributed by atoms with van der Waals surface area (Å²) < 4.78 is 18.3. The highest BCUT2D eigenvalue weighted by Crippen LogP contribution is 2.31. The third-order valence-electron chi connectivity index (χ3n) is 3.64. The summed E-state index contributed by atoms with van der Waals surface area (Å²) >= 11 is 0. The zero-order chi connectivity index (χ0) is 16.4. The average Bonchev–Trinajstić information content (AvgIpc) is 3.04. The van der Waals surface area contributed by atoms with E-state index in [-0.39, 0.29) is 17.2 Å². The van der Waals surface area contributed by atoms with Crippen molar-refractivity contribution in [3.8, 4) is 11.5 Å². The lowest BCUT2D eigenvalue weighted by atomic mass is 10.1. The first-order chi connectivity index (χ1) is 11.1. The van der Waals surface area contributed by atoms with Gasteiger partial charge in [-0.1, -0.05) is 12.1 Å². The minimum absolute atomic E-state index is 0.00574. The van der Waals surface area contributed by atoms with Gasteiger partial charge in [-0.05, 0) is 30.3 Å². The van der Waals surface area contributed by atoms with Crippen LogP contribution in [0.2, 0.25) is 0 Å². The molecule has 0 unspecified atom stereocenters. The quantitative estimate of drug-likeness (QED) is 0.947. The SMILES string of the molecule is COc1cccc(C2=NN(C(=O)c3cccc(F)c3)CC2)c1O. The maximum atomic E-state index is 13.2. The third-order valence-corrected chi connectivity index (χ3v) is 3.64. The Morgan fingerprint density at radius 1 is 1.30 bits per heavy atom. The summed E-state index contributed by atoms with van der Waals surface area (Å²) in [5, 5.41) is 15.7. The number of phenols is 1. The fraction of sp³-hybridized carbons (Fsp3) is 0.176. The monoisotopic (exact) mass is 314 g/mol. The second-order valence-electron chi connectivity index (χ2n) is 5.09. The van der Waals surface area contributed by atoms with E-state index in [4.69, 9.17) is 4.74 Å². The Hall–Kier alpha value is -2.89. The number of rotatable bonds is 3. The normalized spacial score (nSPS) is 13.8. The lowest BCUT2D eigenvalue weighted by Gasteiger charge is -2.11. The Balaban J connectivity index is 1.88. The molecule has 0 spiro atoms. The largest absolute Gasteiger partial charge is 0.504 e. The highest BCUT2D eigenvalue weighted by molar-refractivity contribution is 6.06. The number of hydrazone groups is 1. The van der Waals surface area contributed by atoms with Crippen molar-refractivity contribution in [3.63, 3.8) is 0 Å². The van der Waals surface area contributed by atoms with Crippen molar-refractivity contribution >= 4 is 11.6 Å². The lowest BCUT2D eigenvalue weighted by molar-refractivity contribution is 0.0778. The van der Waals surface area contributed by atoms with E-state index >= 15 is 0 Å². The van der Waals surface area contributed by atoms with Gasteiger partial charge in [0, 0.05) is 17.5 Å². The molecule has 1 amide bonds. The second kappa shape index (κ2) is 6.08. The molecule has 0 atom stereocenters. The van der Waals surface area contributed by atoms with Crippen molar-refractivity contribution in [3.05, 3.63) is 59.4 Å². The smallest absolute Gasteiger partial charge is 0.274 e. The zero-order valence-electron chi connectivity index (χ0n) is 12.5. The molecule has 6 heteroatoms. The Kier molecular flexibility index (Phi) is 3.97. The van der Waals surface area contributed by atoms with Crippen LogP contribution in [0, 0.1) is 5.82 Å². The van der Waals surface area contributed by atoms with Gasteiger partial charge >= 0.3 is 0 Å². The predicted octanol–water partition coefficient (Wildman–Crippen LogP) is 2.79. The number of halogens is 1. The molecule has 3 rings (SSSR count). The molecule has 1 N–H and O–H groups in total. The molecule has 1 aliphatic heterocycles. The summed E-state index contributed by atoms with van der Waals surface area (Å²) in [6.45, 7) is 0.376. The topological polar surface area (TPSA) is 62.1 Å². The van der Waals surface area contributed by atoms with Gasteiger partial charge in [-0.3, -0.25) is 4.79 Å². The Bertz CT molecular complexity index is 789. The number of phenolic OH excluding ortho intramolecular Hbond substituents is 1. The molecular formula is C17H15FN2O3. The van der Waals surface area contributed by atoms with Gasteiger partial charge in [0.05, 0.1) is 19.4 Å². The van der Waals surface area contributed by atoms with E-state index in [9.17, 15) is 14.3 Å². The van der Waals surface area contributed by atoms with Gasteiger partial charge in [0.25, 0.3) is 5.91 Å². The highest BCUT2D eigenvalue weighted by Gasteiger charge is 2.25. The molecule has 0 saturated heterocycles. The number of ether oxygens (including phenoxy) is 1. The summed E-state index contributed by atoms with van der Waals surface area (Å²) in [4.78, 5) is 12.3. The molecule has 2 aromatic carbocycles. The Morgan fingerprint density at radius 2 is 2.09 bits per heavy atom. The molecule has 5 nitrogen and oxygen atoms in total. The van der Waals surface area contributed by atoms with E-state index in [2.05, 4.69) is 5.10 Å². The van der Waals surface area contributed by atoms with Crippen molar-refractivity contribution in [1.82, 2.24) is 5.01 Å². The fourth-order valence-electron chi connectivity index (χ4n) is 2.48. The first kappa shape index (κ1) is 15.0. The van der Waals surface area contributed by atoms with Gasteiger partial charge < -0.3 is 9.84 Å². The molecule has 1 heterocycles. The highest BCUT2D eigenvalue weighted by atomic mass is 19.1. The summed E-state index contributed by atoms with van der Waals surface area (Å²) in [5.74, 6) is -0.500. The van der Waals surface area contributed by atoms with Gasteiger partial charge in [-0.15, -0.1) is 0 Å². The first-order valence-corrected chi connectivity index (χ1v) is 7.11. The molecule has 1 aliphatic rings. The van der Waals surface area contributed by atoms with Crippen molar-refractivity contribution in [1.29, 1.82) is 0 Å². The maximum Gasteiger partial charge on any atom is 0.274 e. The van der Waals surface area contributed by atoms with E-state index in [0.717, 1.165) is 0 Å². The number of para-hydroxylation sites is 1. The number of carbonyl (C=O) groups excluding carboxylic acids is 1. The summed E-state index contributed by atoms with van der Waals surface area (Å²) in [5.41, 5.74) is 1.36. The van der Waals surface area contributed by atoms with Crippen molar-refractivity contribution in [2.45, 2.75) is 6.42 Å². The third kappa shape index (κ3) is 2.88. The van der Waals surface area contributed by atoms with Crippen molar-refractivity contribution < 1.29 is 19.0 Å². The number of hydrogen-bond donors (Lipinski definition) is 1. The molecule has 0 radical (unpaired) electrons. The molecule has 0 fully saturated rings. The van der Waals surface area contributed by atoms with E-state index in [1.165, 1.54) is 30.3 Å². The van der Waals surface area contributed by atoms with E-state index in [1.807, 2.05) is 0 Å². The van der Waals surface area contributed by atoms with Crippen LogP contribution in [0.15, 0.2) is 47.6 Å². The van der Waals surface area contributed by atoms with Crippen LogP contribution in [0.5, 0.6) is 11.5 Å². The van der Waals surface area contributed by atoms with Crippen molar-refractivity contribution in [2.24, 2.45) is 5.10 Å². The molecule has 118 valence electrons. The van der Waals surface area contributed by atoms with Crippen LogP contribution >= 0.6 is 0 Å². The summed E-state index contributed by atoms with van der Waals surface area (Å²) in [7, 11) is 1.47. The van der Waals surface area contributed by atoms with Crippen LogP contribution in [-0.4, -0.2) is 35.4 Å².